The number of H-pyrrole nitrogens is 1. The van der Waals surface area contributed by atoms with E-state index >= 15 is 8.78 Å². The molecule has 1 fully saturated rings. The lowest BCUT2D eigenvalue weighted by atomic mass is 10.0. The zero-order valence-electron chi connectivity index (χ0n) is 23.6. The monoisotopic (exact) mass is 565 g/mol. The summed E-state index contributed by atoms with van der Waals surface area (Å²) < 4.78 is 41.1. The van der Waals surface area contributed by atoms with E-state index in [0.717, 1.165) is 54.6 Å². The molecule has 4 heterocycles. The number of carbonyl (C=O) groups excluding carboxylic acids is 1. The number of amides is 2. The molecule has 6 rings (SSSR count). The lowest BCUT2D eigenvalue weighted by molar-refractivity contribution is 0.0844. The van der Waals surface area contributed by atoms with Gasteiger partial charge in [-0.2, -0.15) is 5.10 Å². The number of anilines is 2. The summed E-state index contributed by atoms with van der Waals surface area (Å²) in [7, 11) is 4.22. The van der Waals surface area contributed by atoms with Crippen LogP contribution in [0.4, 0.5) is 25.0 Å². The maximum atomic E-state index is 15.4. The summed E-state index contributed by atoms with van der Waals surface area (Å²) in [6.07, 6.45) is 0.431. The Morgan fingerprint density at radius 2 is 1.83 bits per heavy atom. The minimum atomic E-state index is -1.06. The lowest BCUT2D eigenvalue weighted by Crippen LogP contribution is -2.46. The molecule has 1 aliphatic carbocycles. The number of carbonyl (C=O) groups is 1. The van der Waals surface area contributed by atoms with Crippen molar-refractivity contribution in [2.45, 2.75) is 26.0 Å². The fourth-order valence-electron chi connectivity index (χ4n) is 5.91. The Labute approximate surface area is 236 Å². The van der Waals surface area contributed by atoms with Crippen molar-refractivity contribution in [2.24, 2.45) is 0 Å². The Bertz CT molecular complexity index is 1540. The van der Waals surface area contributed by atoms with Gasteiger partial charge in [-0.05, 0) is 18.7 Å². The number of halogens is 2. The number of rotatable bonds is 6. The maximum absolute atomic E-state index is 15.4. The fraction of sp³-hybridized carbons (Fsp3) is 0.414. The van der Waals surface area contributed by atoms with Crippen molar-refractivity contribution >= 4 is 28.4 Å². The van der Waals surface area contributed by atoms with Crippen LogP contribution in [0.2, 0.25) is 0 Å². The first-order chi connectivity index (χ1) is 19.9. The molecule has 1 aromatic carbocycles. The van der Waals surface area contributed by atoms with Gasteiger partial charge in [0.25, 0.3) is 0 Å². The first kappa shape index (κ1) is 27.2. The third-order valence-electron chi connectivity index (χ3n) is 8.29. The van der Waals surface area contributed by atoms with Crippen LogP contribution < -0.4 is 9.80 Å². The number of fused-ring (bicyclic) bond motifs is 3. The first-order valence-corrected chi connectivity index (χ1v) is 13.7. The highest BCUT2D eigenvalue weighted by Gasteiger charge is 2.41. The van der Waals surface area contributed by atoms with Gasteiger partial charge >= 0.3 is 6.03 Å². The number of aromatic nitrogens is 3. The van der Waals surface area contributed by atoms with Crippen molar-refractivity contribution in [3.8, 4) is 11.3 Å². The number of benzene rings is 1. The second kappa shape index (κ2) is 10.7. The van der Waals surface area contributed by atoms with Crippen LogP contribution in [0.25, 0.3) is 22.3 Å². The third kappa shape index (κ3) is 4.51. The Morgan fingerprint density at radius 1 is 1.10 bits per heavy atom. The summed E-state index contributed by atoms with van der Waals surface area (Å²) in [5.74, 6) is -1.85. The molecule has 2 aliphatic heterocycles. The summed E-state index contributed by atoms with van der Waals surface area (Å²) in [4.78, 5) is 25.4. The molecule has 0 bridgehead atoms. The molecule has 12 heteroatoms. The van der Waals surface area contributed by atoms with Gasteiger partial charge in [0.05, 0.1) is 30.4 Å². The van der Waals surface area contributed by atoms with E-state index in [2.05, 4.69) is 44.0 Å². The van der Waals surface area contributed by atoms with Crippen molar-refractivity contribution in [1.82, 2.24) is 25.0 Å². The second-order valence-electron chi connectivity index (χ2n) is 10.4. The number of nitrogens with one attached hydrogen (secondary N) is 1. The van der Waals surface area contributed by atoms with E-state index in [0.29, 0.717) is 22.3 Å². The third-order valence-corrected chi connectivity index (χ3v) is 8.29. The fourth-order valence-corrected chi connectivity index (χ4v) is 5.91. The van der Waals surface area contributed by atoms with E-state index in [1.54, 1.807) is 13.2 Å². The van der Waals surface area contributed by atoms with Crippen LogP contribution in [0.3, 0.4) is 0 Å². The normalized spacial score (nSPS) is 20.4. The van der Waals surface area contributed by atoms with Gasteiger partial charge in [0.1, 0.15) is 17.6 Å². The molecule has 41 heavy (non-hydrogen) atoms. The number of allylic oxidation sites excluding steroid dienone is 1. The Balaban J connectivity index is 1.36. The zero-order chi connectivity index (χ0) is 28.8. The van der Waals surface area contributed by atoms with E-state index in [1.807, 2.05) is 12.1 Å². The van der Waals surface area contributed by atoms with Crippen molar-refractivity contribution < 1.29 is 23.0 Å². The van der Waals surface area contributed by atoms with Crippen LogP contribution in [-0.2, 0) is 16.0 Å². The molecule has 0 saturated carbocycles. The first-order valence-electron chi connectivity index (χ1n) is 13.7. The summed E-state index contributed by atoms with van der Waals surface area (Å²) in [5.41, 5.74) is 3.95. The molecule has 3 aliphatic rings. The van der Waals surface area contributed by atoms with Gasteiger partial charge < -0.3 is 19.3 Å². The highest BCUT2D eigenvalue weighted by Crippen LogP contribution is 2.43. The van der Waals surface area contributed by atoms with Crippen molar-refractivity contribution in [1.29, 1.82) is 0 Å². The molecule has 216 valence electrons. The van der Waals surface area contributed by atoms with Crippen molar-refractivity contribution in [2.75, 3.05) is 63.8 Å². The van der Waals surface area contributed by atoms with Crippen LogP contribution >= 0.6 is 0 Å². The molecule has 1 N–H and O–H groups in total. The minimum absolute atomic E-state index is 0.0733. The standard InChI is InChI=1S/C29H33F2N7O3/c1-5-36-10-12-37(13-11-36)19-8-6-17(7-9-19)25-22-26-18(15-32-28(22)34-33-25)16-38(29(39)35(26)2)27-23(30)20(40-3)14-21(41-4)24(27)31/h6-9,15,20H,5,10-14,16H2,1-4H3,(H,32,33,34). The average molecular weight is 566 g/mol. The van der Waals surface area contributed by atoms with Crippen LogP contribution in [0.15, 0.2) is 53.6 Å². The Hall–Kier alpha value is -4.03. The summed E-state index contributed by atoms with van der Waals surface area (Å²) >= 11 is 0. The number of aromatic amines is 1. The molecule has 10 nitrogen and oxygen atoms in total. The molecule has 1 saturated heterocycles. The maximum Gasteiger partial charge on any atom is 0.329 e. The lowest BCUT2D eigenvalue weighted by Gasteiger charge is -2.37. The molecule has 2 aromatic heterocycles. The number of piperazine rings is 1. The van der Waals surface area contributed by atoms with Crippen LogP contribution in [0.1, 0.15) is 18.9 Å². The largest absolute Gasteiger partial charge is 0.498 e. The average Bonchev–Trinajstić information content (AvgIpc) is 3.44. The van der Waals surface area contributed by atoms with Gasteiger partial charge in [-0.1, -0.05) is 19.1 Å². The number of ether oxygens (including phenoxy) is 2. The molecule has 0 spiro atoms. The number of nitrogens with zero attached hydrogens (tertiary/aromatic N) is 6. The molecule has 1 atom stereocenters. The number of pyridine rings is 1. The number of urea groups is 1. The van der Waals surface area contributed by atoms with Gasteiger partial charge in [-0.15, -0.1) is 0 Å². The molecule has 3 aromatic rings. The summed E-state index contributed by atoms with van der Waals surface area (Å²) in [6, 6.07) is 7.66. The minimum Gasteiger partial charge on any atom is -0.498 e. The van der Waals surface area contributed by atoms with Gasteiger partial charge in [0.15, 0.2) is 17.3 Å². The predicted octanol–water partition coefficient (Wildman–Crippen LogP) is 4.57. The quantitative estimate of drug-likeness (QED) is 0.469. The van der Waals surface area contributed by atoms with Gasteiger partial charge in [-0.25, -0.2) is 18.6 Å². The highest BCUT2D eigenvalue weighted by atomic mass is 19.1. The van der Waals surface area contributed by atoms with Crippen LogP contribution in [0, 0.1) is 0 Å². The van der Waals surface area contributed by atoms with Crippen LogP contribution in [0.5, 0.6) is 0 Å². The molecule has 0 radical (unpaired) electrons. The van der Waals surface area contributed by atoms with Crippen molar-refractivity contribution in [3.63, 3.8) is 0 Å². The van der Waals surface area contributed by atoms with Crippen molar-refractivity contribution in [3.05, 3.63) is 59.1 Å². The SMILES string of the molecule is CCN1CCN(c2ccc(-c3[nH]nc4ncc5c(c34)N(C)C(=O)N(C3=C(F)C(OC)CC(OC)=C3F)C5)cc2)CC1. The van der Waals surface area contributed by atoms with Gasteiger partial charge in [-0.3, -0.25) is 14.9 Å². The number of methoxy groups -OCH3 is 2. The van der Waals surface area contributed by atoms with Gasteiger partial charge in [0.2, 0.25) is 0 Å². The molecule has 1 unspecified atom stereocenters. The summed E-state index contributed by atoms with van der Waals surface area (Å²) in [6.45, 7) is 7.20. The van der Waals surface area contributed by atoms with Crippen LogP contribution in [-0.4, -0.2) is 91.1 Å². The predicted molar refractivity (Wildman–Crippen MR) is 152 cm³/mol. The Kier molecular flexibility index (Phi) is 7.12. The highest BCUT2D eigenvalue weighted by molar-refractivity contribution is 6.09. The molecular formula is C29H33F2N7O3. The zero-order valence-corrected chi connectivity index (χ0v) is 23.6. The smallest absolute Gasteiger partial charge is 0.329 e. The topological polar surface area (TPSA) is 90.1 Å². The van der Waals surface area contributed by atoms with E-state index < -0.39 is 29.5 Å². The van der Waals surface area contributed by atoms with E-state index in [9.17, 15) is 4.79 Å². The number of likely N-dealkylation sites (N-methyl/N-ethyl adjacent to an activating group) is 1. The van der Waals surface area contributed by atoms with E-state index in [4.69, 9.17) is 9.47 Å². The molecule has 2 amide bonds. The van der Waals surface area contributed by atoms with E-state index in [-0.39, 0.29) is 18.7 Å². The summed E-state index contributed by atoms with van der Waals surface area (Å²) in [5, 5.41) is 8.15. The van der Waals surface area contributed by atoms with E-state index in [1.165, 1.54) is 19.1 Å². The number of hydrogen-bond acceptors (Lipinski definition) is 7. The molecular weight excluding hydrogens is 532 g/mol. The second-order valence-corrected chi connectivity index (χ2v) is 10.4. The number of hydrogen-bond donors (Lipinski definition) is 1. The van der Waals surface area contributed by atoms with Gasteiger partial charge in [0, 0.05) is 69.8 Å². The Morgan fingerprint density at radius 3 is 2.49 bits per heavy atom.